The van der Waals surface area contributed by atoms with E-state index in [-0.39, 0.29) is 6.42 Å². The molecule has 1 aromatic heterocycles. The second-order valence-electron chi connectivity index (χ2n) is 3.37. The summed E-state index contributed by atoms with van der Waals surface area (Å²) in [4.78, 5) is 18.6. The third kappa shape index (κ3) is 4.39. The smallest absolute Gasteiger partial charge is 0.303 e. The Bertz CT molecular complexity index is 332. The van der Waals surface area contributed by atoms with Crippen LogP contribution in [0.15, 0.2) is 6.07 Å². The van der Waals surface area contributed by atoms with Gasteiger partial charge in [0.15, 0.2) is 0 Å². The van der Waals surface area contributed by atoms with Crippen LogP contribution in [-0.2, 0) is 4.79 Å². The first-order valence-electron chi connectivity index (χ1n) is 4.86. The molecule has 5 heteroatoms. The molecule has 0 saturated carbocycles. The number of carboxylic acids is 1. The lowest BCUT2D eigenvalue weighted by atomic mass is 10.3. The van der Waals surface area contributed by atoms with Crippen LogP contribution in [0, 0.1) is 13.8 Å². The normalized spacial score (nSPS) is 10.0. The number of carboxylic acid groups (broad SMARTS) is 1. The van der Waals surface area contributed by atoms with Crippen LogP contribution < -0.4 is 5.32 Å². The fourth-order valence-corrected chi connectivity index (χ4v) is 1.26. The Balaban J connectivity index is 2.40. The van der Waals surface area contributed by atoms with Crippen molar-refractivity contribution >= 4 is 11.8 Å². The zero-order chi connectivity index (χ0) is 11.3. The first-order chi connectivity index (χ1) is 7.08. The molecule has 82 valence electrons. The standard InChI is InChI=1S/C10H15N3O2/c1-7-6-9(13-8(2)12-7)11-5-3-4-10(14)15/h6H,3-5H2,1-2H3,(H,14,15)(H,11,12,13). The number of hydrogen-bond acceptors (Lipinski definition) is 4. The van der Waals surface area contributed by atoms with Crippen molar-refractivity contribution < 1.29 is 9.90 Å². The maximum absolute atomic E-state index is 10.3. The summed E-state index contributed by atoms with van der Waals surface area (Å²) < 4.78 is 0. The van der Waals surface area contributed by atoms with Gasteiger partial charge in [0.25, 0.3) is 0 Å². The molecule has 0 unspecified atom stereocenters. The predicted molar refractivity (Wildman–Crippen MR) is 56.9 cm³/mol. The minimum absolute atomic E-state index is 0.177. The highest BCUT2D eigenvalue weighted by Crippen LogP contribution is 2.05. The van der Waals surface area contributed by atoms with Crippen molar-refractivity contribution in [2.45, 2.75) is 26.7 Å². The van der Waals surface area contributed by atoms with Crippen molar-refractivity contribution in [1.29, 1.82) is 0 Å². The topological polar surface area (TPSA) is 75.1 Å². The van der Waals surface area contributed by atoms with Crippen molar-refractivity contribution in [1.82, 2.24) is 9.97 Å². The van der Waals surface area contributed by atoms with E-state index in [1.807, 2.05) is 19.9 Å². The number of hydrogen-bond donors (Lipinski definition) is 2. The molecule has 0 aliphatic carbocycles. The lowest BCUT2D eigenvalue weighted by molar-refractivity contribution is -0.137. The molecule has 0 atom stereocenters. The maximum atomic E-state index is 10.3. The summed E-state index contributed by atoms with van der Waals surface area (Å²) in [6, 6.07) is 1.84. The maximum Gasteiger partial charge on any atom is 0.303 e. The molecule has 15 heavy (non-hydrogen) atoms. The molecule has 0 aromatic carbocycles. The average molecular weight is 209 g/mol. The van der Waals surface area contributed by atoms with Crippen LogP contribution in [0.4, 0.5) is 5.82 Å². The molecule has 0 radical (unpaired) electrons. The van der Waals surface area contributed by atoms with Gasteiger partial charge >= 0.3 is 5.97 Å². The van der Waals surface area contributed by atoms with Gasteiger partial charge in [-0.1, -0.05) is 0 Å². The first-order valence-corrected chi connectivity index (χ1v) is 4.86. The highest BCUT2D eigenvalue weighted by Gasteiger charge is 1.99. The predicted octanol–water partition coefficient (Wildman–Crippen LogP) is 1.37. The minimum Gasteiger partial charge on any atom is -0.481 e. The Labute approximate surface area is 88.6 Å². The number of nitrogens with one attached hydrogen (secondary N) is 1. The fraction of sp³-hybridized carbons (Fsp3) is 0.500. The average Bonchev–Trinajstić information content (AvgIpc) is 2.10. The van der Waals surface area contributed by atoms with Gasteiger partial charge in [-0.2, -0.15) is 0 Å². The number of aryl methyl sites for hydroxylation is 2. The van der Waals surface area contributed by atoms with Crippen molar-refractivity contribution in [3.05, 3.63) is 17.6 Å². The van der Waals surface area contributed by atoms with Crippen LogP contribution in [-0.4, -0.2) is 27.6 Å². The fourth-order valence-electron chi connectivity index (χ4n) is 1.26. The zero-order valence-corrected chi connectivity index (χ0v) is 8.95. The van der Waals surface area contributed by atoms with E-state index >= 15 is 0 Å². The third-order valence-electron chi connectivity index (χ3n) is 1.84. The van der Waals surface area contributed by atoms with Gasteiger partial charge < -0.3 is 10.4 Å². The van der Waals surface area contributed by atoms with Crippen LogP contribution in [0.1, 0.15) is 24.4 Å². The molecule has 1 heterocycles. The van der Waals surface area contributed by atoms with Crippen LogP contribution in [0.3, 0.4) is 0 Å². The molecule has 2 N–H and O–H groups in total. The van der Waals surface area contributed by atoms with Gasteiger partial charge in [-0.25, -0.2) is 9.97 Å². The lowest BCUT2D eigenvalue weighted by Gasteiger charge is -2.05. The van der Waals surface area contributed by atoms with Gasteiger partial charge in [-0.15, -0.1) is 0 Å². The van der Waals surface area contributed by atoms with E-state index < -0.39 is 5.97 Å². The van der Waals surface area contributed by atoms with Gasteiger partial charge in [-0.3, -0.25) is 4.79 Å². The van der Waals surface area contributed by atoms with Gasteiger partial charge in [0.05, 0.1) is 0 Å². The first kappa shape index (κ1) is 11.4. The van der Waals surface area contributed by atoms with Crippen LogP contribution >= 0.6 is 0 Å². The van der Waals surface area contributed by atoms with Crippen LogP contribution in [0.25, 0.3) is 0 Å². The summed E-state index contributed by atoms with van der Waals surface area (Å²) in [6.07, 6.45) is 0.771. The molecule has 0 spiro atoms. The Morgan fingerprint density at radius 1 is 1.47 bits per heavy atom. The van der Waals surface area contributed by atoms with Crippen LogP contribution in [0.5, 0.6) is 0 Å². The highest BCUT2D eigenvalue weighted by molar-refractivity contribution is 5.66. The van der Waals surface area contributed by atoms with E-state index in [0.717, 1.165) is 17.3 Å². The lowest BCUT2D eigenvalue weighted by Crippen LogP contribution is -2.07. The van der Waals surface area contributed by atoms with E-state index in [0.29, 0.717) is 13.0 Å². The second kappa shape index (κ2) is 5.29. The van der Waals surface area contributed by atoms with Gasteiger partial charge in [-0.05, 0) is 20.3 Å². The molecule has 1 aromatic rings. The molecule has 1 rings (SSSR count). The molecular weight excluding hydrogens is 194 g/mol. The monoisotopic (exact) mass is 209 g/mol. The van der Waals surface area contributed by atoms with E-state index in [4.69, 9.17) is 5.11 Å². The van der Waals surface area contributed by atoms with E-state index in [1.54, 1.807) is 0 Å². The summed E-state index contributed by atoms with van der Waals surface area (Å²) >= 11 is 0. The van der Waals surface area contributed by atoms with Crippen molar-refractivity contribution in [2.75, 3.05) is 11.9 Å². The molecule has 0 bridgehead atoms. The highest BCUT2D eigenvalue weighted by atomic mass is 16.4. The third-order valence-corrected chi connectivity index (χ3v) is 1.84. The number of rotatable bonds is 5. The quantitative estimate of drug-likeness (QED) is 0.716. The van der Waals surface area contributed by atoms with Crippen molar-refractivity contribution in [3.63, 3.8) is 0 Å². The number of nitrogens with zero attached hydrogens (tertiary/aromatic N) is 2. The van der Waals surface area contributed by atoms with Crippen LogP contribution in [0.2, 0.25) is 0 Å². The Hall–Kier alpha value is -1.65. The minimum atomic E-state index is -0.771. The van der Waals surface area contributed by atoms with Gasteiger partial charge in [0, 0.05) is 24.7 Å². The summed E-state index contributed by atoms with van der Waals surface area (Å²) in [7, 11) is 0. The van der Waals surface area contributed by atoms with E-state index in [2.05, 4.69) is 15.3 Å². The van der Waals surface area contributed by atoms with E-state index in [9.17, 15) is 4.79 Å². The number of carbonyl (C=O) groups is 1. The Kier molecular flexibility index (Phi) is 4.03. The van der Waals surface area contributed by atoms with Crippen molar-refractivity contribution in [3.8, 4) is 0 Å². The molecule has 0 saturated heterocycles. The second-order valence-corrected chi connectivity index (χ2v) is 3.37. The Morgan fingerprint density at radius 2 is 2.20 bits per heavy atom. The number of anilines is 1. The largest absolute Gasteiger partial charge is 0.481 e. The summed E-state index contributed by atoms with van der Waals surface area (Å²) in [5.41, 5.74) is 0.906. The number of aromatic nitrogens is 2. The molecule has 0 aliphatic rings. The molecule has 0 aliphatic heterocycles. The van der Waals surface area contributed by atoms with Gasteiger partial charge in [0.2, 0.25) is 0 Å². The molecule has 0 amide bonds. The van der Waals surface area contributed by atoms with E-state index in [1.165, 1.54) is 0 Å². The summed E-state index contributed by atoms with van der Waals surface area (Å²) in [5.74, 6) is 0.702. The molecular formula is C10H15N3O2. The SMILES string of the molecule is Cc1cc(NCCCC(=O)O)nc(C)n1. The zero-order valence-electron chi connectivity index (χ0n) is 8.95. The van der Waals surface area contributed by atoms with Gasteiger partial charge in [0.1, 0.15) is 11.6 Å². The number of aliphatic carboxylic acids is 1. The summed E-state index contributed by atoms with van der Waals surface area (Å²) in [5, 5.41) is 11.5. The van der Waals surface area contributed by atoms with Crippen molar-refractivity contribution in [2.24, 2.45) is 0 Å². The summed E-state index contributed by atoms with van der Waals surface area (Å²) in [6.45, 7) is 4.34. The molecule has 0 fully saturated rings. The molecule has 5 nitrogen and oxygen atoms in total. The Morgan fingerprint density at radius 3 is 2.80 bits per heavy atom.